The second kappa shape index (κ2) is 8.31. The maximum absolute atomic E-state index is 12.7. The molecule has 1 aromatic carbocycles. The lowest BCUT2D eigenvalue weighted by atomic mass is 9.94. The Labute approximate surface area is 155 Å². The van der Waals surface area contributed by atoms with Crippen LogP contribution in [0, 0.1) is 0 Å². The van der Waals surface area contributed by atoms with Gasteiger partial charge in [0.1, 0.15) is 0 Å². The molecule has 1 aromatic rings. The summed E-state index contributed by atoms with van der Waals surface area (Å²) < 4.78 is 39.8. The summed E-state index contributed by atoms with van der Waals surface area (Å²) in [4.78, 5) is 14.1. The highest BCUT2D eigenvalue weighted by Crippen LogP contribution is 2.36. The number of allylic oxidation sites excluding steroid dienone is 1. The molecule has 1 heterocycles. The Bertz CT molecular complexity index is 739. The van der Waals surface area contributed by atoms with E-state index in [-0.39, 0.29) is 11.5 Å². The lowest BCUT2D eigenvalue weighted by molar-refractivity contribution is -0.136. The SMILES string of the molecule is CCN1C(=S)N[C@@H](c2ccc(OC)c(OC(F)F)c2)C(C(=O)OC)=C1C. The first kappa shape index (κ1) is 19.9. The third-order valence-electron chi connectivity index (χ3n) is 4.05. The topological polar surface area (TPSA) is 60.0 Å². The molecule has 0 radical (unpaired) electrons. The van der Waals surface area contributed by atoms with E-state index in [2.05, 4.69) is 10.1 Å². The number of nitrogens with one attached hydrogen (secondary N) is 1. The van der Waals surface area contributed by atoms with E-state index >= 15 is 0 Å². The molecule has 26 heavy (non-hydrogen) atoms. The summed E-state index contributed by atoms with van der Waals surface area (Å²) in [6, 6.07) is 3.87. The summed E-state index contributed by atoms with van der Waals surface area (Å²) in [5, 5.41) is 3.49. The minimum atomic E-state index is -3.01. The van der Waals surface area contributed by atoms with Crippen molar-refractivity contribution in [3.63, 3.8) is 0 Å². The molecule has 0 bridgehead atoms. The van der Waals surface area contributed by atoms with Gasteiger partial charge in [-0.3, -0.25) is 0 Å². The number of carbonyl (C=O) groups is 1. The minimum Gasteiger partial charge on any atom is -0.493 e. The van der Waals surface area contributed by atoms with Crippen molar-refractivity contribution in [2.45, 2.75) is 26.5 Å². The highest BCUT2D eigenvalue weighted by Gasteiger charge is 2.34. The van der Waals surface area contributed by atoms with Crippen LogP contribution in [-0.2, 0) is 9.53 Å². The van der Waals surface area contributed by atoms with Crippen LogP contribution in [0.25, 0.3) is 0 Å². The molecule has 0 unspecified atom stereocenters. The predicted octanol–water partition coefficient (Wildman–Crippen LogP) is 2.99. The Hall–Kier alpha value is -2.42. The first-order chi connectivity index (χ1) is 12.3. The number of methoxy groups -OCH3 is 2. The van der Waals surface area contributed by atoms with Crippen LogP contribution in [0.5, 0.6) is 11.5 Å². The number of halogens is 2. The number of rotatable bonds is 6. The monoisotopic (exact) mass is 386 g/mol. The van der Waals surface area contributed by atoms with Crippen molar-refractivity contribution in [1.29, 1.82) is 0 Å². The van der Waals surface area contributed by atoms with E-state index < -0.39 is 18.6 Å². The van der Waals surface area contributed by atoms with Crippen molar-refractivity contribution in [3.8, 4) is 11.5 Å². The Morgan fingerprint density at radius 2 is 2.04 bits per heavy atom. The van der Waals surface area contributed by atoms with Gasteiger partial charge in [0.15, 0.2) is 16.6 Å². The van der Waals surface area contributed by atoms with Gasteiger partial charge in [-0.2, -0.15) is 8.78 Å². The van der Waals surface area contributed by atoms with Crippen molar-refractivity contribution in [2.24, 2.45) is 0 Å². The van der Waals surface area contributed by atoms with Crippen LogP contribution in [0.3, 0.4) is 0 Å². The molecular weight excluding hydrogens is 366 g/mol. The van der Waals surface area contributed by atoms with Gasteiger partial charge < -0.3 is 24.4 Å². The van der Waals surface area contributed by atoms with E-state index in [4.69, 9.17) is 21.7 Å². The molecule has 1 atom stereocenters. The zero-order valence-corrected chi connectivity index (χ0v) is 15.7. The average Bonchev–Trinajstić information content (AvgIpc) is 2.60. The molecule has 0 amide bonds. The Morgan fingerprint density at radius 3 is 2.58 bits per heavy atom. The second-order valence-electron chi connectivity index (χ2n) is 5.41. The van der Waals surface area contributed by atoms with Crippen LogP contribution in [0.4, 0.5) is 8.78 Å². The zero-order valence-electron chi connectivity index (χ0n) is 14.8. The molecule has 0 aliphatic carbocycles. The third-order valence-corrected chi connectivity index (χ3v) is 4.39. The van der Waals surface area contributed by atoms with Crippen LogP contribution in [-0.4, -0.2) is 43.4 Å². The van der Waals surface area contributed by atoms with Crippen LogP contribution in [0.15, 0.2) is 29.5 Å². The molecule has 2 rings (SSSR count). The summed E-state index contributed by atoms with van der Waals surface area (Å²) in [6.07, 6.45) is 0. The zero-order chi connectivity index (χ0) is 19.4. The number of hydrogen-bond donors (Lipinski definition) is 1. The number of thiocarbonyl (C=S) groups is 1. The predicted molar refractivity (Wildman–Crippen MR) is 95.2 cm³/mol. The number of carbonyl (C=O) groups excluding carboxylic acids is 1. The number of alkyl halides is 2. The van der Waals surface area contributed by atoms with Gasteiger partial charge in [-0.1, -0.05) is 6.07 Å². The highest BCUT2D eigenvalue weighted by molar-refractivity contribution is 7.80. The summed E-state index contributed by atoms with van der Waals surface area (Å²) >= 11 is 5.36. The number of ether oxygens (including phenoxy) is 3. The molecule has 1 aliphatic heterocycles. The van der Waals surface area contributed by atoms with Gasteiger partial charge in [-0.05, 0) is 43.8 Å². The average molecular weight is 386 g/mol. The normalized spacial score (nSPS) is 17.3. The van der Waals surface area contributed by atoms with Gasteiger partial charge in [0.05, 0.1) is 25.8 Å². The van der Waals surface area contributed by atoms with Crippen molar-refractivity contribution in [3.05, 3.63) is 35.0 Å². The molecule has 0 saturated heterocycles. The van der Waals surface area contributed by atoms with Crippen molar-refractivity contribution < 1.29 is 27.8 Å². The lowest BCUT2D eigenvalue weighted by Crippen LogP contribution is -2.47. The standard InChI is InChI=1S/C17H20F2N2O4S/c1-5-21-9(2)13(15(22)24-4)14(20-17(21)26)10-6-7-11(23-3)12(8-10)25-16(18)19/h6-8,14,16H,5H2,1-4H3,(H,20,26)/t14-/m0/s1. The van der Waals surface area contributed by atoms with E-state index in [1.807, 2.05) is 6.92 Å². The van der Waals surface area contributed by atoms with Gasteiger partial charge in [0, 0.05) is 12.2 Å². The van der Waals surface area contributed by atoms with Crippen molar-refractivity contribution >= 4 is 23.3 Å². The van der Waals surface area contributed by atoms with Gasteiger partial charge in [-0.25, -0.2) is 4.79 Å². The van der Waals surface area contributed by atoms with E-state index in [0.717, 1.165) is 0 Å². The van der Waals surface area contributed by atoms with Crippen LogP contribution < -0.4 is 14.8 Å². The van der Waals surface area contributed by atoms with Crippen molar-refractivity contribution in [1.82, 2.24) is 10.2 Å². The van der Waals surface area contributed by atoms with Gasteiger partial charge in [0.2, 0.25) is 0 Å². The van der Waals surface area contributed by atoms with Crippen LogP contribution in [0.2, 0.25) is 0 Å². The van der Waals surface area contributed by atoms with E-state index in [1.54, 1.807) is 17.9 Å². The number of nitrogens with zero attached hydrogens (tertiary/aromatic N) is 1. The summed E-state index contributed by atoms with van der Waals surface area (Å²) in [5.41, 5.74) is 1.50. The first-order valence-electron chi connectivity index (χ1n) is 7.83. The Balaban J connectivity index is 2.56. The van der Waals surface area contributed by atoms with E-state index in [0.29, 0.717) is 28.5 Å². The van der Waals surface area contributed by atoms with Gasteiger partial charge in [0.25, 0.3) is 0 Å². The first-order valence-corrected chi connectivity index (χ1v) is 8.24. The molecule has 0 fully saturated rings. The number of esters is 1. The quantitative estimate of drug-likeness (QED) is 0.596. The summed E-state index contributed by atoms with van der Waals surface area (Å²) in [5.74, 6) is -0.511. The molecule has 0 spiro atoms. The molecule has 0 saturated carbocycles. The number of hydrogen-bond acceptors (Lipinski definition) is 5. The smallest absolute Gasteiger partial charge is 0.387 e. The largest absolute Gasteiger partial charge is 0.493 e. The fourth-order valence-corrected chi connectivity index (χ4v) is 3.23. The van der Waals surface area contributed by atoms with Gasteiger partial charge >= 0.3 is 12.6 Å². The van der Waals surface area contributed by atoms with Crippen LogP contribution >= 0.6 is 12.2 Å². The molecule has 1 aliphatic rings. The molecule has 1 N–H and O–H groups in total. The van der Waals surface area contributed by atoms with Gasteiger partial charge in [-0.15, -0.1) is 0 Å². The molecule has 9 heteroatoms. The maximum Gasteiger partial charge on any atom is 0.387 e. The minimum absolute atomic E-state index is 0.132. The van der Waals surface area contributed by atoms with Crippen LogP contribution in [0.1, 0.15) is 25.5 Å². The Morgan fingerprint density at radius 1 is 1.35 bits per heavy atom. The fourth-order valence-electron chi connectivity index (χ4n) is 2.85. The molecule has 0 aromatic heterocycles. The lowest BCUT2D eigenvalue weighted by Gasteiger charge is -2.37. The maximum atomic E-state index is 12.7. The summed E-state index contributed by atoms with van der Waals surface area (Å²) in [7, 11) is 2.63. The van der Waals surface area contributed by atoms with E-state index in [9.17, 15) is 13.6 Å². The molecular formula is C17H20F2N2O4S. The second-order valence-corrected chi connectivity index (χ2v) is 5.79. The number of benzene rings is 1. The molecule has 142 valence electrons. The third kappa shape index (κ3) is 3.87. The molecule has 6 nitrogen and oxygen atoms in total. The Kier molecular flexibility index (Phi) is 6.36. The fraction of sp³-hybridized carbons (Fsp3) is 0.412. The summed E-state index contributed by atoms with van der Waals surface area (Å²) in [6.45, 7) is 1.21. The van der Waals surface area contributed by atoms with E-state index in [1.165, 1.54) is 26.4 Å². The van der Waals surface area contributed by atoms with Crippen molar-refractivity contribution in [2.75, 3.05) is 20.8 Å². The highest BCUT2D eigenvalue weighted by atomic mass is 32.1.